The van der Waals surface area contributed by atoms with Crippen LogP contribution in [0.15, 0.2) is 48.8 Å². The van der Waals surface area contributed by atoms with Crippen LogP contribution in [-0.2, 0) is 13.6 Å². The van der Waals surface area contributed by atoms with Crippen molar-refractivity contribution in [2.45, 2.75) is 6.54 Å². The Labute approximate surface area is 132 Å². The molecule has 1 aliphatic heterocycles. The largest absolute Gasteiger partial charge is 0.337 e. The Morgan fingerprint density at radius 3 is 2.45 bits per heavy atom. The number of imidazole rings is 1. The average Bonchev–Trinajstić information content (AvgIpc) is 2.95. The molecule has 2 heterocycles. The van der Waals surface area contributed by atoms with Gasteiger partial charge in [0.25, 0.3) is 0 Å². The number of hydrogen-bond acceptors (Lipinski definition) is 3. The third-order valence-corrected chi connectivity index (χ3v) is 4.22. The lowest BCUT2D eigenvalue weighted by Gasteiger charge is -2.33. The third-order valence-electron chi connectivity index (χ3n) is 4.22. The molecule has 1 saturated heterocycles. The highest BCUT2D eigenvalue weighted by Gasteiger charge is 2.17. The highest BCUT2D eigenvalue weighted by Crippen LogP contribution is 2.07. The summed E-state index contributed by atoms with van der Waals surface area (Å²) < 4.78 is 2.11. The van der Waals surface area contributed by atoms with Crippen LogP contribution >= 0.6 is 0 Å². The summed E-state index contributed by atoms with van der Waals surface area (Å²) in [6.07, 6.45) is 8.37. The van der Waals surface area contributed by atoms with E-state index in [9.17, 15) is 0 Å². The minimum absolute atomic E-state index is 0.956. The Kier molecular flexibility index (Phi) is 5.03. The molecule has 22 heavy (non-hydrogen) atoms. The molecule has 1 fully saturated rings. The highest BCUT2D eigenvalue weighted by molar-refractivity contribution is 5.48. The fourth-order valence-electron chi connectivity index (χ4n) is 2.78. The molecule has 0 spiro atoms. The van der Waals surface area contributed by atoms with Crippen molar-refractivity contribution in [3.05, 3.63) is 60.2 Å². The van der Waals surface area contributed by atoms with E-state index < -0.39 is 0 Å². The lowest BCUT2D eigenvalue weighted by Crippen LogP contribution is -2.46. The van der Waals surface area contributed by atoms with Crippen LogP contribution in [0.4, 0.5) is 0 Å². The lowest BCUT2D eigenvalue weighted by atomic mass is 10.2. The average molecular weight is 296 g/mol. The lowest BCUT2D eigenvalue weighted by molar-refractivity contribution is 0.134. The zero-order valence-electron chi connectivity index (χ0n) is 13.2. The Balaban J connectivity index is 1.42. The van der Waals surface area contributed by atoms with Crippen molar-refractivity contribution in [2.24, 2.45) is 7.05 Å². The summed E-state index contributed by atoms with van der Waals surface area (Å²) in [7, 11) is 2.06. The summed E-state index contributed by atoms with van der Waals surface area (Å²) >= 11 is 0. The molecule has 3 rings (SSSR count). The maximum atomic E-state index is 4.41. The number of benzene rings is 1. The first-order valence-electron chi connectivity index (χ1n) is 7.94. The van der Waals surface area contributed by atoms with Gasteiger partial charge in [0, 0.05) is 52.2 Å². The van der Waals surface area contributed by atoms with Crippen LogP contribution in [0.5, 0.6) is 0 Å². The van der Waals surface area contributed by atoms with Gasteiger partial charge in [-0.15, -0.1) is 0 Å². The minimum Gasteiger partial charge on any atom is -0.337 e. The van der Waals surface area contributed by atoms with E-state index >= 15 is 0 Å². The Hall–Kier alpha value is -1.91. The van der Waals surface area contributed by atoms with Crippen LogP contribution < -0.4 is 0 Å². The zero-order chi connectivity index (χ0) is 15.2. The molecule has 0 unspecified atom stereocenters. The number of aryl methyl sites for hydroxylation is 1. The molecule has 0 aliphatic carbocycles. The van der Waals surface area contributed by atoms with Crippen molar-refractivity contribution in [2.75, 3.05) is 32.7 Å². The molecule has 1 aliphatic rings. The van der Waals surface area contributed by atoms with Gasteiger partial charge in [-0.25, -0.2) is 4.98 Å². The van der Waals surface area contributed by atoms with E-state index in [1.807, 2.05) is 12.4 Å². The van der Waals surface area contributed by atoms with Gasteiger partial charge in [-0.1, -0.05) is 42.5 Å². The predicted molar refractivity (Wildman–Crippen MR) is 90.4 cm³/mol. The summed E-state index contributed by atoms with van der Waals surface area (Å²) in [6.45, 7) is 6.48. The molecule has 116 valence electrons. The van der Waals surface area contributed by atoms with Crippen molar-refractivity contribution >= 4 is 6.08 Å². The van der Waals surface area contributed by atoms with E-state index in [2.05, 4.69) is 68.9 Å². The number of hydrogen-bond donors (Lipinski definition) is 0. The predicted octanol–water partition coefficient (Wildman–Crippen LogP) is 2.25. The van der Waals surface area contributed by atoms with E-state index in [4.69, 9.17) is 0 Å². The molecule has 0 amide bonds. The molecule has 0 saturated carbocycles. The minimum atomic E-state index is 0.956. The zero-order valence-corrected chi connectivity index (χ0v) is 13.2. The van der Waals surface area contributed by atoms with Gasteiger partial charge in [0.05, 0.1) is 6.54 Å². The maximum Gasteiger partial charge on any atom is 0.122 e. The van der Waals surface area contributed by atoms with Crippen LogP contribution in [0.3, 0.4) is 0 Å². The maximum absolute atomic E-state index is 4.41. The summed E-state index contributed by atoms with van der Waals surface area (Å²) in [5.41, 5.74) is 1.27. The monoisotopic (exact) mass is 296 g/mol. The van der Waals surface area contributed by atoms with Gasteiger partial charge >= 0.3 is 0 Å². The molecule has 0 radical (unpaired) electrons. The van der Waals surface area contributed by atoms with Crippen molar-refractivity contribution in [1.82, 2.24) is 19.4 Å². The quantitative estimate of drug-likeness (QED) is 0.846. The molecule has 4 nitrogen and oxygen atoms in total. The summed E-state index contributed by atoms with van der Waals surface area (Å²) in [4.78, 5) is 9.40. The normalized spacial score (nSPS) is 17.3. The Morgan fingerprint density at radius 2 is 1.77 bits per heavy atom. The number of aromatic nitrogens is 2. The molecular weight excluding hydrogens is 272 g/mol. The molecule has 1 aromatic carbocycles. The van der Waals surface area contributed by atoms with Crippen LogP contribution in [0, 0.1) is 0 Å². The molecule has 0 N–H and O–H groups in total. The first kappa shape index (κ1) is 15.0. The highest BCUT2D eigenvalue weighted by atomic mass is 15.3. The van der Waals surface area contributed by atoms with Gasteiger partial charge in [-0.05, 0) is 5.56 Å². The fraction of sp³-hybridized carbons (Fsp3) is 0.389. The van der Waals surface area contributed by atoms with Gasteiger partial charge in [-0.3, -0.25) is 9.80 Å². The molecular formula is C18H24N4. The van der Waals surface area contributed by atoms with Gasteiger partial charge in [0.1, 0.15) is 5.82 Å². The number of rotatable bonds is 5. The molecule has 1 aromatic heterocycles. The van der Waals surface area contributed by atoms with Gasteiger partial charge in [-0.2, -0.15) is 0 Å². The second-order valence-corrected chi connectivity index (χ2v) is 5.84. The number of nitrogens with zero attached hydrogens (tertiary/aromatic N) is 4. The van der Waals surface area contributed by atoms with E-state index in [1.54, 1.807) is 0 Å². The standard InChI is InChI=1S/C18H24N4/c1-20-11-9-19-18(20)16-22-14-12-21(13-15-22)10-5-8-17-6-3-2-4-7-17/h2-9,11H,10,12-16H2,1H3. The number of piperazine rings is 1. The van der Waals surface area contributed by atoms with Crippen LogP contribution in [0.1, 0.15) is 11.4 Å². The van der Waals surface area contributed by atoms with Crippen LogP contribution in [0.25, 0.3) is 6.08 Å². The van der Waals surface area contributed by atoms with Crippen LogP contribution in [0.2, 0.25) is 0 Å². The second kappa shape index (κ2) is 7.38. The first-order valence-corrected chi connectivity index (χ1v) is 7.94. The fourth-order valence-corrected chi connectivity index (χ4v) is 2.78. The van der Waals surface area contributed by atoms with E-state index in [0.717, 1.165) is 45.1 Å². The third kappa shape index (κ3) is 4.06. The van der Waals surface area contributed by atoms with Crippen molar-refractivity contribution in [3.8, 4) is 0 Å². The van der Waals surface area contributed by atoms with E-state index in [1.165, 1.54) is 5.56 Å². The van der Waals surface area contributed by atoms with Crippen molar-refractivity contribution in [3.63, 3.8) is 0 Å². The summed E-state index contributed by atoms with van der Waals surface area (Å²) in [5, 5.41) is 0. The van der Waals surface area contributed by atoms with Gasteiger partial charge in [0.15, 0.2) is 0 Å². The molecule has 0 bridgehead atoms. The molecule has 0 atom stereocenters. The van der Waals surface area contributed by atoms with E-state index in [0.29, 0.717) is 0 Å². The van der Waals surface area contributed by atoms with Crippen LogP contribution in [-0.4, -0.2) is 52.1 Å². The van der Waals surface area contributed by atoms with Crippen molar-refractivity contribution in [1.29, 1.82) is 0 Å². The first-order chi connectivity index (χ1) is 10.8. The Morgan fingerprint density at radius 1 is 1.05 bits per heavy atom. The smallest absolute Gasteiger partial charge is 0.122 e. The molecule has 2 aromatic rings. The van der Waals surface area contributed by atoms with Gasteiger partial charge in [0.2, 0.25) is 0 Å². The SMILES string of the molecule is Cn1ccnc1CN1CCN(CC=Cc2ccccc2)CC1. The topological polar surface area (TPSA) is 24.3 Å². The summed E-state index contributed by atoms with van der Waals surface area (Å²) in [6, 6.07) is 10.5. The second-order valence-electron chi connectivity index (χ2n) is 5.84. The van der Waals surface area contributed by atoms with Gasteiger partial charge < -0.3 is 4.57 Å². The van der Waals surface area contributed by atoms with E-state index in [-0.39, 0.29) is 0 Å². The van der Waals surface area contributed by atoms with Crippen molar-refractivity contribution < 1.29 is 0 Å². The Bertz CT molecular complexity index is 595. The molecule has 4 heteroatoms. The summed E-state index contributed by atoms with van der Waals surface area (Å²) in [5.74, 6) is 1.15.